The third kappa shape index (κ3) is 6.88. The molecular weight excluding hydrogens is 326 g/mol. The third-order valence-electron chi connectivity index (χ3n) is 3.82. The molecule has 24 heavy (non-hydrogen) atoms. The first-order chi connectivity index (χ1) is 11.3. The number of nitrogens with zero attached hydrogens (tertiary/aromatic N) is 1. The van der Waals surface area contributed by atoms with Crippen molar-refractivity contribution in [1.82, 2.24) is 4.72 Å². The van der Waals surface area contributed by atoms with Gasteiger partial charge in [-0.15, -0.1) is 0 Å². The van der Waals surface area contributed by atoms with Gasteiger partial charge in [-0.25, -0.2) is 13.1 Å². The Morgan fingerprint density at radius 3 is 2.33 bits per heavy atom. The fourth-order valence-corrected chi connectivity index (χ4v) is 2.76. The maximum Gasteiger partial charge on any atom is 0.224 e. The fourth-order valence-electron chi connectivity index (χ4n) is 2.00. The molecule has 7 heteroatoms. The van der Waals surface area contributed by atoms with Crippen LogP contribution >= 0.6 is 0 Å². The molecule has 0 heterocycles. The number of carbonyl (C=O) groups is 1. The standard InChI is InChI=1S/C17H29N3O3S/c1-5-20(4)16-11-9-15(10-12-16)19-17(21)8-6-7-13-18-24(22,23)14(2)3/h9-12,14,18H,5-8,13H2,1-4H3,(H,19,21). The van der Waals surface area contributed by atoms with Crippen molar-refractivity contribution >= 4 is 27.3 Å². The smallest absolute Gasteiger partial charge is 0.224 e. The van der Waals surface area contributed by atoms with Crippen LogP contribution < -0.4 is 14.9 Å². The first-order valence-electron chi connectivity index (χ1n) is 8.35. The van der Waals surface area contributed by atoms with Crippen LogP contribution in [0, 0.1) is 0 Å². The van der Waals surface area contributed by atoms with Gasteiger partial charge in [-0.05, 0) is 57.9 Å². The van der Waals surface area contributed by atoms with Gasteiger partial charge in [-0.1, -0.05) is 0 Å². The van der Waals surface area contributed by atoms with Gasteiger partial charge in [0, 0.05) is 37.9 Å². The monoisotopic (exact) mass is 355 g/mol. The fraction of sp³-hybridized carbons (Fsp3) is 0.588. The molecule has 0 spiro atoms. The Morgan fingerprint density at radius 1 is 1.17 bits per heavy atom. The summed E-state index contributed by atoms with van der Waals surface area (Å²) >= 11 is 0. The molecule has 0 bridgehead atoms. The molecular formula is C17H29N3O3S. The molecule has 0 aliphatic carbocycles. The van der Waals surface area contributed by atoms with Crippen LogP contribution in [0.3, 0.4) is 0 Å². The van der Waals surface area contributed by atoms with Crippen LogP contribution in [0.15, 0.2) is 24.3 Å². The third-order valence-corrected chi connectivity index (χ3v) is 5.67. The Labute approximate surface area is 145 Å². The zero-order valence-electron chi connectivity index (χ0n) is 15.0. The lowest BCUT2D eigenvalue weighted by molar-refractivity contribution is -0.116. The van der Waals surface area contributed by atoms with Gasteiger partial charge in [0.25, 0.3) is 0 Å². The second kappa shape index (κ2) is 9.64. The lowest BCUT2D eigenvalue weighted by atomic mass is 10.2. The number of hydrogen-bond acceptors (Lipinski definition) is 4. The van der Waals surface area contributed by atoms with Crippen molar-refractivity contribution in [3.8, 4) is 0 Å². The van der Waals surface area contributed by atoms with E-state index >= 15 is 0 Å². The van der Waals surface area contributed by atoms with Crippen LogP contribution in [0.1, 0.15) is 40.0 Å². The summed E-state index contributed by atoms with van der Waals surface area (Å²) in [4.78, 5) is 14.0. The molecule has 136 valence electrons. The van der Waals surface area contributed by atoms with Crippen LogP contribution in [0.2, 0.25) is 0 Å². The van der Waals surface area contributed by atoms with E-state index in [1.54, 1.807) is 13.8 Å². The van der Waals surface area contributed by atoms with Crippen molar-refractivity contribution in [1.29, 1.82) is 0 Å². The van der Waals surface area contributed by atoms with E-state index in [0.717, 1.165) is 17.9 Å². The van der Waals surface area contributed by atoms with Gasteiger partial charge >= 0.3 is 0 Å². The van der Waals surface area contributed by atoms with Gasteiger partial charge in [0.2, 0.25) is 15.9 Å². The quantitative estimate of drug-likeness (QED) is 0.632. The lowest BCUT2D eigenvalue weighted by Gasteiger charge is -2.17. The van der Waals surface area contributed by atoms with Gasteiger partial charge in [0.1, 0.15) is 0 Å². The Morgan fingerprint density at radius 2 is 1.79 bits per heavy atom. The first kappa shape index (κ1) is 20.4. The average Bonchev–Trinajstić information content (AvgIpc) is 2.54. The van der Waals surface area contributed by atoms with Gasteiger partial charge in [0.05, 0.1) is 5.25 Å². The number of anilines is 2. The highest BCUT2D eigenvalue weighted by molar-refractivity contribution is 7.90. The van der Waals surface area contributed by atoms with Crippen molar-refractivity contribution in [2.75, 3.05) is 30.4 Å². The zero-order chi connectivity index (χ0) is 18.2. The van der Waals surface area contributed by atoms with Crippen molar-refractivity contribution < 1.29 is 13.2 Å². The summed E-state index contributed by atoms with van der Waals surface area (Å²) in [6.45, 7) is 6.65. The van der Waals surface area contributed by atoms with E-state index < -0.39 is 15.3 Å². The summed E-state index contributed by atoms with van der Waals surface area (Å²) in [7, 11) is -1.20. The van der Waals surface area contributed by atoms with Gasteiger partial charge in [0.15, 0.2) is 0 Å². The van der Waals surface area contributed by atoms with E-state index in [4.69, 9.17) is 0 Å². The van der Waals surface area contributed by atoms with Crippen molar-refractivity contribution in [2.24, 2.45) is 0 Å². The van der Waals surface area contributed by atoms with Crippen molar-refractivity contribution in [3.05, 3.63) is 24.3 Å². The number of sulfonamides is 1. The molecule has 1 amide bonds. The molecule has 0 saturated carbocycles. The normalized spacial score (nSPS) is 11.5. The second-order valence-corrected chi connectivity index (χ2v) is 8.38. The number of benzene rings is 1. The Balaban J connectivity index is 2.29. The molecule has 0 saturated heterocycles. The summed E-state index contributed by atoms with van der Waals surface area (Å²) in [5.74, 6) is -0.0571. The minimum Gasteiger partial charge on any atom is -0.375 e. The molecule has 1 rings (SSSR count). The summed E-state index contributed by atoms with van der Waals surface area (Å²) in [6.07, 6.45) is 1.66. The Hall–Kier alpha value is -1.60. The topological polar surface area (TPSA) is 78.5 Å². The second-order valence-electron chi connectivity index (χ2n) is 6.05. The molecule has 1 aromatic carbocycles. The van der Waals surface area contributed by atoms with Crippen LogP contribution in [0.25, 0.3) is 0 Å². The highest BCUT2D eigenvalue weighted by Gasteiger charge is 2.14. The largest absolute Gasteiger partial charge is 0.375 e. The van der Waals surface area contributed by atoms with Crippen LogP contribution in [0.4, 0.5) is 11.4 Å². The zero-order valence-corrected chi connectivity index (χ0v) is 15.8. The number of nitrogens with one attached hydrogen (secondary N) is 2. The van der Waals surface area contributed by atoms with E-state index in [1.807, 2.05) is 31.3 Å². The van der Waals surface area contributed by atoms with Gasteiger partial charge < -0.3 is 10.2 Å². The van der Waals surface area contributed by atoms with Crippen molar-refractivity contribution in [2.45, 2.75) is 45.3 Å². The Bertz CT molecular complexity index is 612. The first-order valence-corrected chi connectivity index (χ1v) is 9.90. The summed E-state index contributed by atoms with van der Waals surface area (Å²) in [5.41, 5.74) is 1.88. The maximum absolute atomic E-state index is 11.9. The van der Waals surface area contributed by atoms with E-state index in [-0.39, 0.29) is 5.91 Å². The predicted molar refractivity (Wildman–Crippen MR) is 99.9 cm³/mol. The summed E-state index contributed by atoms with van der Waals surface area (Å²) in [5, 5.41) is 2.42. The summed E-state index contributed by atoms with van der Waals surface area (Å²) in [6, 6.07) is 7.71. The molecule has 0 atom stereocenters. The molecule has 0 radical (unpaired) electrons. The number of hydrogen-bond donors (Lipinski definition) is 2. The van der Waals surface area contributed by atoms with E-state index in [9.17, 15) is 13.2 Å². The number of unbranched alkanes of at least 4 members (excludes halogenated alkanes) is 1. The molecule has 0 unspecified atom stereocenters. The lowest BCUT2D eigenvalue weighted by Crippen LogP contribution is -2.31. The molecule has 6 nitrogen and oxygen atoms in total. The molecule has 0 aliphatic rings. The minimum absolute atomic E-state index is 0.0571. The van der Waals surface area contributed by atoms with Crippen LogP contribution in [0.5, 0.6) is 0 Å². The van der Waals surface area contributed by atoms with Crippen LogP contribution in [-0.4, -0.2) is 39.7 Å². The highest BCUT2D eigenvalue weighted by Crippen LogP contribution is 2.16. The Kier molecular flexibility index (Phi) is 8.21. The minimum atomic E-state index is -3.22. The molecule has 0 fully saturated rings. The highest BCUT2D eigenvalue weighted by atomic mass is 32.2. The number of amides is 1. The summed E-state index contributed by atoms with van der Waals surface area (Å²) < 4.78 is 25.7. The maximum atomic E-state index is 11.9. The van der Waals surface area contributed by atoms with Gasteiger partial charge in [-0.2, -0.15) is 0 Å². The van der Waals surface area contributed by atoms with Crippen LogP contribution in [-0.2, 0) is 14.8 Å². The number of rotatable bonds is 10. The van der Waals surface area contributed by atoms with Gasteiger partial charge in [-0.3, -0.25) is 4.79 Å². The molecule has 2 N–H and O–H groups in total. The predicted octanol–water partition coefficient (Wildman–Crippen LogP) is 2.58. The average molecular weight is 356 g/mol. The molecule has 0 aromatic heterocycles. The SMILES string of the molecule is CCN(C)c1ccc(NC(=O)CCCCNS(=O)(=O)C(C)C)cc1. The molecule has 1 aromatic rings. The van der Waals surface area contributed by atoms with E-state index in [0.29, 0.717) is 25.8 Å². The molecule has 0 aliphatic heterocycles. The van der Waals surface area contributed by atoms with Crippen molar-refractivity contribution in [3.63, 3.8) is 0 Å². The number of carbonyl (C=O) groups excluding carboxylic acids is 1. The van der Waals surface area contributed by atoms with E-state index in [1.165, 1.54) is 0 Å². The van der Waals surface area contributed by atoms with E-state index in [2.05, 4.69) is 21.9 Å².